The highest BCUT2D eigenvalue weighted by atomic mass is 16.1. The maximum atomic E-state index is 11.9. The van der Waals surface area contributed by atoms with Gasteiger partial charge in [0.1, 0.15) is 11.4 Å². The smallest absolute Gasteiger partial charge is 0.256 e. The van der Waals surface area contributed by atoms with Crippen LogP contribution in [-0.2, 0) is 6.42 Å². The average Bonchev–Trinajstić information content (AvgIpc) is 3.04. The highest BCUT2D eigenvalue weighted by Gasteiger charge is 2.18. The molecule has 0 aliphatic heterocycles. The monoisotopic (exact) mass is 348 g/mol. The molecule has 3 aromatic rings. The van der Waals surface area contributed by atoms with Crippen LogP contribution in [0.5, 0.6) is 0 Å². The number of anilines is 3. The second-order valence-corrected chi connectivity index (χ2v) is 5.76. The lowest BCUT2D eigenvalue weighted by Gasteiger charge is -2.06. The summed E-state index contributed by atoms with van der Waals surface area (Å²) in [4.78, 5) is 16.2. The van der Waals surface area contributed by atoms with E-state index in [1.165, 1.54) is 5.56 Å². The van der Waals surface area contributed by atoms with Crippen LogP contribution in [0, 0.1) is 0 Å². The van der Waals surface area contributed by atoms with Crippen molar-refractivity contribution in [3.8, 4) is 0 Å². The van der Waals surface area contributed by atoms with Crippen molar-refractivity contribution in [2.75, 3.05) is 11.1 Å². The van der Waals surface area contributed by atoms with E-state index in [-0.39, 0.29) is 11.4 Å². The molecule has 0 fully saturated rings. The number of carbonyl (C=O) groups is 1. The Morgan fingerprint density at radius 2 is 1.88 bits per heavy atom. The maximum Gasteiger partial charge on any atom is 0.256 e. The van der Waals surface area contributed by atoms with Crippen LogP contribution in [0.15, 0.2) is 53.5 Å². The Hall–Kier alpha value is -3.61. The molecule has 6 N–H and O–H groups in total. The first-order chi connectivity index (χ1) is 12.6. The third-order valence-corrected chi connectivity index (χ3v) is 3.90. The van der Waals surface area contributed by atoms with Gasteiger partial charge in [-0.15, -0.1) is 0 Å². The van der Waals surface area contributed by atoms with Crippen LogP contribution >= 0.6 is 0 Å². The predicted octanol–water partition coefficient (Wildman–Crippen LogP) is 3.15. The van der Waals surface area contributed by atoms with Crippen molar-refractivity contribution in [2.24, 2.45) is 10.7 Å². The molecule has 0 radical (unpaired) electrons. The average molecular weight is 348 g/mol. The van der Waals surface area contributed by atoms with Gasteiger partial charge in [-0.05, 0) is 41.8 Å². The Labute approximate surface area is 151 Å². The van der Waals surface area contributed by atoms with Crippen molar-refractivity contribution in [3.05, 3.63) is 65.2 Å². The Kier molecular flexibility index (Phi) is 4.98. The number of aliphatic imine (C=N–C) groups is 1. The number of aryl methyl sites for hydroxylation is 1. The van der Waals surface area contributed by atoms with Gasteiger partial charge in [0.15, 0.2) is 5.82 Å². The Balaban J connectivity index is 1.85. The van der Waals surface area contributed by atoms with Crippen LogP contribution in [0.2, 0.25) is 0 Å². The van der Waals surface area contributed by atoms with Crippen LogP contribution in [-0.4, -0.2) is 22.3 Å². The summed E-state index contributed by atoms with van der Waals surface area (Å²) in [5.41, 5.74) is 14.9. The summed E-state index contributed by atoms with van der Waals surface area (Å²) in [5.74, 6) is 0.0177. The van der Waals surface area contributed by atoms with Gasteiger partial charge in [-0.3, -0.25) is 9.89 Å². The third-order valence-electron chi connectivity index (χ3n) is 3.90. The lowest BCUT2D eigenvalue weighted by atomic mass is 10.1. The number of H-pyrrole nitrogens is 1. The van der Waals surface area contributed by atoms with Gasteiger partial charge in [0, 0.05) is 17.6 Å². The summed E-state index contributed by atoms with van der Waals surface area (Å²) in [5, 5.41) is 9.99. The summed E-state index contributed by atoms with van der Waals surface area (Å²) in [6.07, 6.45) is 2.56. The molecule has 0 saturated carbocycles. The van der Waals surface area contributed by atoms with E-state index in [9.17, 15) is 4.79 Å². The lowest BCUT2D eigenvalue weighted by Crippen LogP contribution is -2.12. The van der Waals surface area contributed by atoms with E-state index in [4.69, 9.17) is 11.5 Å². The first kappa shape index (κ1) is 17.2. The fourth-order valence-corrected chi connectivity index (χ4v) is 2.44. The molecule has 0 unspecified atom stereocenters. The molecule has 2 aromatic carbocycles. The fraction of sp³-hybridized carbons (Fsp3) is 0.105. The molecule has 0 aliphatic carbocycles. The van der Waals surface area contributed by atoms with E-state index in [2.05, 4.69) is 27.4 Å². The largest absolute Gasteiger partial charge is 0.399 e. The van der Waals surface area contributed by atoms with Gasteiger partial charge in [-0.1, -0.05) is 31.2 Å². The Morgan fingerprint density at radius 1 is 1.19 bits per heavy atom. The first-order valence-electron chi connectivity index (χ1n) is 8.20. The summed E-state index contributed by atoms with van der Waals surface area (Å²) in [6, 6.07) is 15.1. The van der Waals surface area contributed by atoms with Crippen LogP contribution in [0.1, 0.15) is 28.4 Å². The normalized spacial score (nSPS) is 11.0. The number of benzene rings is 2. The molecule has 7 heteroatoms. The number of nitrogens with two attached hydrogens (primary N) is 2. The number of hydrogen-bond donors (Lipinski definition) is 4. The van der Waals surface area contributed by atoms with Crippen molar-refractivity contribution in [1.82, 2.24) is 10.2 Å². The standard InChI is InChI=1S/C19H20N6O/c1-2-12-5-9-15(10-6-12)23-19-16(17(21)26)18(24-25-19)22-11-13-3-7-14(20)8-4-13/h3-11H,2,20H2,1H3,(H2,21,26)(H2,23,24,25). The van der Waals surface area contributed by atoms with Gasteiger partial charge >= 0.3 is 0 Å². The fourth-order valence-electron chi connectivity index (χ4n) is 2.44. The molecule has 132 valence electrons. The van der Waals surface area contributed by atoms with E-state index in [0.717, 1.165) is 17.7 Å². The molecule has 0 aliphatic rings. The third kappa shape index (κ3) is 3.89. The number of primary amides is 1. The number of aromatic nitrogens is 2. The predicted molar refractivity (Wildman–Crippen MR) is 104 cm³/mol. The van der Waals surface area contributed by atoms with Crippen molar-refractivity contribution in [2.45, 2.75) is 13.3 Å². The molecule has 1 heterocycles. The zero-order valence-corrected chi connectivity index (χ0v) is 14.4. The van der Waals surface area contributed by atoms with Crippen LogP contribution in [0.25, 0.3) is 0 Å². The summed E-state index contributed by atoms with van der Waals surface area (Å²) in [6.45, 7) is 2.09. The van der Waals surface area contributed by atoms with Gasteiger partial charge < -0.3 is 16.8 Å². The van der Waals surface area contributed by atoms with Gasteiger partial charge in [0.2, 0.25) is 0 Å². The lowest BCUT2D eigenvalue weighted by molar-refractivity contribution is 0.100. The molecule has 0 saturated heterocycles. The van der Waals surface area contributed by atoms with Crippen LogP contribution in [0.4, 0.5) is 23.0 Å². The minimum atomic E-state index is -0.615. The second-order valence-electron chi connectivity index (χ2n) is 5.76. The highest BCUT2D eigenvalue weighted by Crippen LogP contribution is 2.26. The van der Waals surface area contributed by atoms with Gasteiger partial charge in [-0.25, -0.2) is 4.99 Å². The van der Waals surface area contributed by atoms with Crippen LogP contribution < -0.4 is 16.8 Å². The van der Waals surface area contributed by atoms with Crippen molar-refractivity contribution in [1.29, 1.82) is 0 Å². The molecule has 3 rings (SSSR count). The quantitative estimate of drug-likeness (QED) is 0.404. The molecular weight excluding hydrogens is 328 g/mol. The van der Waals surface area contributed by atoms with Gasteiger partial charge in [0.05, 0.1) is 0 Å². The summed E-state index contributed by atoms with van der Waals surface area (Å²) >= 11 is 0. The number of rotatable bonds is 6. The molecule has 26 heavy (non-hydrogen) atoms. The zero-order chi connectivity index (χ0) is 18.5. The maximum absolute atomic E-state index is 11.9. The van der Waals surface area contributed by atoms with Gasteiger partial charge in [-0.2, -0.15) is 5.10 Å². The molecule has 1 amide bonds. The summed E-state index contributed by atoms with van der Waals surface area (Å²) in [7, 11) is 0. The van der Waals surface area contributed by atoms with Crippen molar-refractivity contribution in [3.63, 3.8) is 0 Å². The van der Waals surface area contributed by atoms with Crippen molar-refractivity contribution >= 4 is 35.1 Å². The van der Waals surface area contributed by atoms with Crippen LogP contribution in [0.3, 0.4) is 0 Å². The SMILES string of the molecule is CCc1ccc(Nc2[nH]nc(N=Cc3ccc(N)cc3)c2C(N)=O)cc1. The Bertz CT molecular complexity index is 926. The molecule has 7 nitrogen and oxygen atoms in total. The molecular formula is C19H20N6O. The van der Waals surface area contributed by atoms with E-state index in [1.807, 2.05) is 36.4 Å². The Morgan fingerprint density at radius 3 is 2.50 bits per heavy atom. The first-order valence-corrected chi connectivity index (χ1v) is 8.20. The van der Waals surface area contributed by atoms with E-state index in [0.29, 0.717) is 11.5 Å². The molecule has 1 aromatic heterocycles. The number of carbonyl (C=O) groups excluding carboxylic acids is 1. The van der Waals surface area contributed by atoms with Gasteiger partial charge in [0.25, 0.3) is 5.91 Å². The number of nitrogens with one attached hydrogen (secondary N) is 2. The van der Waals surface area contributed by atoms with Crippen molar-refractivity contribution < 1.29 is 4.79 Å². The highest BCUT2D eigenvalue weighted by molar-refractivity contribution is 6.03. The topological polar surface area (TPSA) is 122 Å². The molecule has 0 bridgehead atoms. The minimum Gasteiger partial charge on any atom is -0.399 e. The zero-order valence-electron chi connectivity index (χ0n) is 14.4. The minimum absolute atomic E-state index is 0.205. The number of aromatic amines is 1. The number of amides is 1. The molecule has 0 atom stereocenters. The number of nitrogen functional groups attached to an aromatic ring is 1. The number of nitrogens with zero attached hydrogens (tertiary/aromatic N) is 2. The number of hydrogen-bond acceptors (Lipinski definition) is 5. The van der Waals surface area contributed by atoms with E-state index in [1.54, 1.807) is 18.3 Å². The van der Waals surface area contributed by atoms with E-state index < -0.39 is 5.91 Å². The second kappa shape index (κ2) is 7.52. The van der Waals surface area contributed by atoms with E-state index >= 15 is 0 Å². The molecule has 0 spiro atoms. The summed E-state index contributed by atoms with van der Waals surface area (Å²) < 4.78 is 0.